The van der Waals surface area contributed by atoms with Gasteiger partial charge in [-0.2, -0.15) is 0 Å². The number of imidazole rings is 1. The Hall–Kier alpha value is -2.08. The van der Waals surface area contributed by atoms with Crippen LogP contribution in [0.4, 0.5) is 0 Å². The summed E-state index contributed by atoms with van der Waals surface area (Å²) in [4.78, 5) is 18.7. The van der Waals surface area contributed by atoms with Crippen LogP contribution < -0.4 is 4.74 Å². The summed E-state index contributed by atoms with van der Waals surface area (Å²) in [6.45, 7) is 4.35. The summed E-state index contributed by atoms with van der Waals surface area (Å²) in [5.74, 6) is 0.528. The van der Waals surface area contributed by atoms with E-state index in [1.807, 2.05) is 11.3 Å². The van der Waals surface area contributed by atoms with E-state index < -0.39 is 0 Å². The Labute approximate surface area is 116 Å². The number of nitrogens with zero attached hydrogens (tertiary/aromatic N) is 3. The predicted molar refractivity (Wildman–Crippen MR) is 73.2 cm³/mol. The van der Waals surface area contributed by atoms with Crippen molar-refractivity contribution in [1.29, 1.82) is 0 Å². The molecule has 0 aromatic carbocycles. The van der Waals surface area contributed by atoms with Crippen LogP contribution in [0.3, 0.4) is 0 Å². The molecule has 0 unspecified atom stereocenters. The van der Waals surface area contributed by atoms with Gasteiger partial charge in [-0.3, -0.25) is 4.79 Å². The van der Waals surface area contributed by atoms with Crippen molar-refractivity contribution < 1.29 is 14.3 Å². The van der Waals surface area contributed by atoms with E-state index in [4.69, 9.17) is 9.47 Å². The van der Waals surface area contributed by atoms with Gasteiger partial charge < -0.3 is 18.8 Å². The van der Waals surface area contributed by atoms with Gasteiger partial charge in [-0.15, -0.1) is 0 Å². The average molecular weight is 275 g/mol. The lowest BCUT2D eigenvalue weighted by atomic mass is 10.2. The van der Waals surface area contributed by atoms with Gasteiger partial charge in [0, 0.05) is 37.2 Å². The van der Waals surface area contributed by atoms with E-state index in [2.05, 4.69) is 4.98 Å². The summed E-state index contributed by atoms with van der Waals surface area (Å²) in [5, 5.41) is 0. The fraction of sp³-hybridized carbons (Fsp3) is 0.429. The number of ether oxygens (including phenoxy) is 2. The van der Waals surface area contributed by atoms with Gasteiger partial charge in [-0.25, -0.2) is 4.98 Å². The van der Waals surface area contributed by atoms with E-state index in [1.54, 1.807) is 30.5 Å². The minimum atomic E-state index is -0.0276. The van der Waals surface area contributed by atoms with Crippen LogP contribution >= 0.6 is 0 Å². The van der Waals surface area contributed by atoms with Crippen LogP contribution in [0.25, 0.3) is 5.65 Å². The Morgan fingerprint density at radius 3 is 2.85 bits per heavy atom. The molecule has 0 N–H and O–H groups in total. The highest BCUT2D eigenvalue weighted by Crippen LogP contribution is 2.23. The Morgan fingerprint density at radius 2 is 2.15 bits per heavy atom. The van der Waals surface area contributed by atoms with Crippen molar-refractivity contribution in [3.05, 3.63) is 29.7 Å². The molecule has 0 spiro atoms. The average Bonchev–Trinajstić information content (AvgIpc) is 2.87. The molecule has 0 radical (unpaired) electrons. The Kier molecular flexibility index (Phi) is 3.31. The topological polar surface area (TPSA) is 56.1 Å². The number of fused-ring (bicyclic) bond motifs is 1. The first-order valence-electron chi connectivity index (χ1n) is 6.59. The lowest BCUT2D eigenvalue weighted by Gasteiger charge is -2.27. The SMILES string of the molecule is COc1cc2ncc(C)n2cc1C(=O)N1CCOCC1. The molecule has 0 aliphatic carbocycles. The van der Waals surface area contributed by atoms with E-state index in [0.29, 0.717) is 37.6 Å². The molecule has 6 heteroatoms. The predicted octanol–water partition coefficient (Wildman–Crippen LogP) is 1.12. The number of aryl methyl sites for hydroxylation is 1. The molecule has 1 amide bonds. The molecule has 0 atom stereocenters. The van der Waals surface area contributed by atoms with Crippen LogP contribution in [0.2, 0.25) is 0 Å². The van der Waals surface area contributed by atoms with E-state index in [0.717, 1.165) is 11.3 Å². The number of amides is 1. The van der Waals surface area contributed by atoms with Crippen LogP contribution in [-0.2, 0) is 4.74 Å². The molecular formula is C14H17N3O3. The zero-order valence-electron chi connectivity index (χ0n) is 11.6. The zero-order valence-corrected chi connectivity index (χ0v) is 11.6. The molecule has 1 aliphatic heterocycles. The number of carbonyl (C=O) groups is 1. The number of methoxy groups -OCH3 is 1. The lowest BCUT2D eigenvalue weighted by Crippen LogP contribution is -2.40. The largest absolute Gasteiger partial charge is 0.496 e. The minimum absolute atomic E-state index is 0.0276. The summed E-state index contributed by atoms with van der Waals surface area (Å²) in [7, 11) is 1.57. The molecule has 0 saturated carbocycles. The fourth-order valence-corrected chi connectivity index (χ4v) is 2.39. The van der Waals surface area contributed by atoms with Crippen molar-refractivity contribution in [3.8, 4) is 5.75 Å². The molecule has 6 nitrogen and oxygen atoms in total. The summed E-state index contributed by atoms with van der Waals surface area (Å²) in [6.07, 6.45) is 3.58. The monoisotopic (exact) mass is 275 g/mol. The first kappa shape index (κ1) is 12.9. The number of morpholine rings is 1. The van der Waals surface area contributed by atoms with Crippen LogP contribution in [-0.4, -0.2) is 53.6 Å². The summed E-state index contributed by atoms with van der Waals surface area (Å²) >= 11 is 0. The third-order valence-corrected chi connectivity index (χ3v) is 3.54. The van der Waals surface area contributed by atoms with E-state index in [9.17, 15) is 4.79 Å². The molecular weight excluding hydrogens is 258 g/mol. The smallest absolute Gasteiger partial charge is 0.259 e. The standard InChI is InChI=1S/C14H17N3O3/c1-10-8-15-13-7-12(19-2)11(9-17(10)13)14(18)16-3-5-20-6-4-16/h7-9H,3-6H2,1-2H3. The van der Waals surface area contributed by atoms with Crippen molar-refractivity contribution >= 4 is 11.6 Å². The number of pyridine rings is 1. The van der Waals surface area contributed by atoms with Gasteiger partial charge in [-0.1, -0.05) is 0 Å². The van der Waals surface area contributed by atoms with Crippen LogP contribution in [0.1, 0.15) is 16.1 Å². The Balaban J connectivity index is 2.03. The van der Waals surface area contributed by atoms with Gasteiger partial charge in [0.1, 0.15) is 11.4 Å². The summed E-state index contributed by atoms with van der Waals surface area (Å²) in [5.41, 5.74) is 2.32. The molecule has 1 saturated heterocycles. The highest BCUT2D eigenvalue weighted by atomic mass is 16.5. The number of rotatable bonds is 2. The van der Waals surface area contributed by atoms with Gasteiger partial charge in [0.15, 0.2) is 0 Å². The second kappa shape index (κ2) is 5.13. The van der Waals surface area contributed by atoms with E-state index in [1.165, 1.54) is 0 Å². The Morgan fingerprint density at radius 1 is 1.40 bits per heavy atom. The highest BCUT2D eigenvalue weighted by molar-refractivity contribution is 5.97. The molecule has 3 rings (SSSR count). The fourth-order valence-electron chi connectivity index (χ4n) is 2.39. The molecule has 1 aliphatic rings. The van der Waals surface area contributed by atoms with Crippen LogP contribution in [0, 0.1) is 6.92 Å². The highest BCUT2D eigenvalue weighted by Gasteiger charge is 2.22. The molecule has 2 aromatic rings. The van der Waals surface area contributed by atoms with Gasteiger partial charge >= 0.3 is 0 Å². The van der Waals surface area contributed by atoms with Gasteiger partial charge in [0.2, 0.25) is 0 Å². The third-order valence-electron chi connectivity index (χ3n) is 3.54. The van der Waals surface area contributed by atoms with Gasteiger partial charge in [-0.05, 0) is 6.92 Å². The van der Waals surface area contributed by atoms with Crippen LogP contribution in [0.15, 0.2) is 18.5 Å². The van der Waals surface area contributed by atoms with Crippen molar-refractivity contribution in [1.82, 2.24) is 14.3 Å². The number of aromatic nitrogens is 2. The maximum atomic E-state index is 12.6. The number of hydrogen-bond acceptors (Lipinski definition) is 4. The van der Waals surface area contributed by atoms with Crippen molar-refractivity contribution in [2.45, 2.75) is 6.92 Å². The molecule has 20 heavy (non-hydrogen) atoms. The maximum Gasteiger partial charge on any atom is 0.259 e. The molecule has 3 heterocycles. The maximum absolute atomic E-state index is 12.6. The van der Waals surface area contributed by atoms with Gasteiger partial charge in [0.05, 0.1) is 25.9 Å². The number of hydrogen-bond donors (Lipinski definition) is 0. The first-order chi connectivity index (χ1) is 9.70. The van der Waals surface area contributed by atoms with Gasteiger partial charge in [0.25, 0.3) is 5.91 Å². The minimum Gasteiger partial charge on any atom is -0.496 e. The van der Waals surface area contributed by atoms with Crippen molar-refractivity contribution in [2.24, 2.45) is 0 Å². The zero-order chi connectivity index (χ0) is 14.1. The quantitative estimate of drug-likeness (QED) is 0.824. The second-order valence-corrected chi connectivity index (χ2v) is 4.79. The molecule has 1 fully saturated rings. The normalized spacial score (nSPS) is 15.6. The number of carbonyl (C=O) groups excluding carboxylic acids is 1. The Bertz CT molecular complexity index is 644. The van der Waals surface area contributed by atoms with Crippen molar-refractivity contribution in [3.63, 3.8) is 0 Å². The summed E-state index contributed by atoms with van der Waals surface area (Å²) < 4.78 is 12.5. The molecule has 0 bridgehead atoms. The molecule has 2 aromatic heterocycles. The lowest BCUT2D eigenvalue weighted by molar-refractivity contribution is 0.0300. The van der Waals surface area contributed by atoms with Crippen molar-refractivity contribution in [2.75, 3.05) is 33.4 Å². The van der Waals surface area contributed by atoms with E-state index in [-0.39, 0.29) is 5.91 Å². The first-order valence-corrected chi connectivity index (χ1v) is 6.59. The summed E-state index contributed by atoms with van der Waals surface area (Å²) in [6, 6.07) is 1.79. The second-order valence-electron chi connectivity index (χ2n) is 4.79. The van der Waals surface area contributed by atoms with Crippen LogP contribution in [0.5, 0.6) is 5.75 Å². The molecule has 106 valence electrons. The third kappa shape index (κ3) is 2.12. The van der Waals surface area contributed by atoms with E-state index >= 15 is 0 Å².